The second kappa shape index (κ2) is 5.71. The van der Waals surface area contributed by atoms with E-state index in [0.717, 1.165) is 0 Å². The first kappa shape index (κ1) is 13.2. The standard InChI is InChI=1S/C16H15FN2S/c17-14-7-3-1-6-13(14)15(19-18)9-11-10-20-16-8-4-2-5-12(11)16/h1-8,10,15,19H,9,18H2. The molecule has 102 valence electrons. The van der Waals surface area contributed by atoms with E-state index in [-0.39, 0.29) is 11.9 Å². The molecule has 0 aliphatic heterocycles. The fourth-order valence-corrected chi connectivity index (χ4v) is 3.40. The van der Waals surface area contributed by atoms with Crippen LogP contribution in [0.5, 0.6) is 0 Å². The zero-order valence-electron chi connectivity index (χ0n) is 10.8. The molecule has 0 saturated heterocycles. The van der Waals surface area contributed by atoms with Crippen molar-refractivity contribution in [1.29, 1.82) is 0 Å². The molecule has 1 heterocycles. The van der Waals surface area contributed by atoms with E-state index < -0.39 is 0 Å². The van der Waals surface area contributed by atoms with Crippen LogP contribution in [0.3, 0.4) is 0 Å². The molecule has 1 unspecified atom stereocenters. The molecule has 0 aliphatic carbocycles. The molecule has 0 aliphatic rings. The summed E-state index contributed by atoms with van der Waals surface area (Å²) in [6.45, 7) is 0. The van der Waals surface area contributed by atoms with Gasteiger partial charge in [-0.1, -0.05) is 36.4 Å². The molecule has 0 saturated carbocycles. The van der Waals surface area contributed by atoms with E-state index in [0.29, 0.717) is 12.0 Å². The van der Waals surface area contributed by atoms with E-state index in [4.69, 9.17) is 5.84 Å². The normalized spacial score (nSPS) is 12.7. The lowest BCUT2D eigenvalue weighted by Gasteiger charge is -2.16. The molecule has 20 heavy (non-hydrogen) atoms. The largest absolute Gasteiger partial charge is 0.271 e. The van der Waals surface area contributed by atoms with E-state index in [1.54, 1.807) is 23.5 Å². The van der Waals surface area contributed by atoms with E-state index in [1.165, 1.54) is 21.7 Å². The van der Waals surface area contributed by atoms with Crippen LogP contribution < -0.4 is 11.3 Å². The van der Waals surface area contributed by atoms with E-state index in [1.807, 2.05) is 18.2 Å². The number of nitrogens with one attached hydrogen (secondary N) is 1. The number of nitrogens with two attached hydrogens (primary N) is 1. The van der Waals surface area contributed by atoms with E-state index in [2.05, 4.69) is 22.9 Å². The summed E-state index contributed by atoms with van der Waals surface area (Å²) in [6.07, 6.45) is 0.668. The van der Waals surface area contributed by atoms with Gasteiger partial charge < -0.3 is 0 Å². The smallest absolute Gasteiger partial charge is 0.128 e. The molecule has 0 radical (unpaired) electrons. The first-order valence-corrected chi connectivity index (χ1v) is 7.33. The van der Waals surface area contributed by atoms with Gasteiger partial charge in [0.2, 0.25) is 0 Å². The Labute approximate surface area is 121 Å². The lowest BCUT2D eigenvalue weighted by Crippen LogP contribution is -2.30. The summed E-state index contributed by atoms with van der Waals surface area (Å²) in [4.78, 5) is 0. The third kappa shape index (κ3) is 2.45. The number of hydrazine groups is 1. The van der Waals surface area contributed by atoms with Gasteiger partial charge in [0, 0.05) is 10.3 Å². The van der Waals surface area contributed by atoms with Gasteiger partial charge in [-0.2, -0.15) is 0 Å². The van der Waals surface area contributed by atoms with Crippen molar-refractivity contribution in [3.05, 3.63) is 70.9 Å². The maximum Gasteiger partial charge on any atom is 0.128 e. The Morgan fingerprint density at radius 2 is 1.85 bits per heavy atom. The summed E-state index contributed by atoms with van der Waals surface area (Å²) in [5.41, 5.74) is 4.52. The predicted octanol–water partition coefficient (Wildman–Crippen LogP) is 3.79. The molecule has 1 atom stereocenters. The van der Waals surface area contributed by atoms with Crippen LogP contribution in [0.4, 0.5) is 4.39 Å². The molecule has 1 aromatic heterocycles. The first-order chi connectivity index (χ1) is 9.79. The SMILES string of the molecule is NNC(Cc1csc2ccccc12)c1ccccc1F. The summed E-state index contributed by atoms with van der Waals surface area (Å²) in [6, 6.07) is 14.8. The Bertz CT molecular complexity index is 723. The Morgan fingerprint density at radius 1 is 1.10 bits per heavy atom. The van der Waals surface area contributed by atoms with Crippen LogP contribution in [0, 0.1) is 5.82 Å². The van der Waals surface area contributed by atoms with Crippen LogP contribution in [-0.2, 0) is 6.42 Å². The highest BCUT2D eigenvalue weighted by Crippen LogP contribution is 2.29. The minimum Gasteiger partial charge on any atom is -0.271 e. The highest BCUT2D eigenvalue weighted by molar-refractivity contribution is 7.17. The molecule has 3 rings (SSSR count). The first-order valence-electron chi connectivity index (χ1n) is 6.45. The Morgan fingerprint density at radius 3 is 2.65 bits per heavy atom. The Kier molecular flexibility index (Phi) is 3.78. The molecule has 0 amide bonds. The predicted molar refractivity (Wildman–Crippen MR) is 82.0 cm³/mol. The van der Waals surface area contributed by atoms with Crippen molar-refractivity contribution >= 4 is 21.4 Å². The third-order valence-corrected chi connectivity index (χ3v) is 4.48. The molecule has 3 N–H and O–H groups in total. The number of halogens is 1. The molecule has 3 aromatic rings. The molecule has 0 fully saturated rings. The molecule has 4 heteroatoms. The fourth-order valence-electron chi connectivity index (χ4n) is 2.43. The number of hydrogen-bond acceptors (Lipinski definition) is 3. The van der Waals surface area contributed by atoms with Gasteiger partial charge in [0.15, 0.2) is 0 Å². The van der Waals surface area contributed by atoms with Crippen LogP contribution in [0.15, 0.2) is 53.9 Å². The van der Waals surface area contributed by atoms with Crippen LogP contribution in [0.1, 0.15) is 17.2 Å². The minimum atomic E-state index is -0.228. The fraction of sp³-hybridized carbons (Fsp3) is 0.125. The average Bonchev–Trinajstić information content (AvgIpc) is 2.89. The maximum atomic E-state index is 13.9. The van der Waals surface area contributed by atoms with Gasteiger partial charge in [0.25, 0.3) is 0 Å². The number of rotatable bonds is 4. The summed E-state index contributed by atoms with van der Waals surface area (Å²) < 4.78 is 15.1. The van der Waals surface area contributed by atoms with Crippen molar-refractivity contribution in [3.63, 3.8) is 0 Å². The summed E-state index contributed by atoms with van der Waals surface area (Å²) >= 11 is 1.70. The highest BCUT2D eigenvalue weighted by Gasteiger charge is 2.16. The monoisotopic (exact) mass is 286 g/mol. The average molecular weight is 286 g/mol. The lowest BCUT2D eigenvalue weighted by atomic mass is 9.98. The second-order valence-corrected chi connectivity index (χ2v) is 5.61. The topological polar surface area (TPSA) is 38.0 Å². The second-order valence-electron chi connectivity index (χ2n) is 4.70. The Hall–Kier alpha value is -1.75. The maximum absolute atomic E-state index is 13.9. The number of thiophene rings is 1. The van der Waals surface area contributed by atoms with Gasteiger partial charge in [0.1, 0.15) is 5.82 Å². The third-order valence-electron chi connectivity index (χ3n) is 3.47. The van der Waals surface area contributed by atoms with E-state index in [9.17, 15) is 4.39 Å². The van der Waals surface area contributed by atoms with Crippen molar-refractivity contribution in [3.8, 4) is 0 Å². The van der Waals surface area contributed by atoms with Gasteiger partial charge >= 0.3 is 0 Å². The molecular formula is C16H15FN2S. The van der Waals surface area contributed by atoms with Crippen molar-refractivity contribution in [2.75, 3.05) is 0 Å². The lowest BCUT2D eigenvalue weighted by molar-refractivity contribution is 0.512. The number of hydrogen-bond donors (Lipinski definition) is 2. The van der Waals surface area contributed by atoms with Crippen LogP contribution >= 0.6 is 11.3 Å². The van der Waals surface area contributed by atoms with E-state index >= 15 is 0 Å². The quantitative estimate of drug-likeness (QED) is 0.565. The summed E-state index contributed by atoms with van der Waals surface area (Å²) in [5, 5.41) is 3.34. The zero-order chi connectivity index (χ0) is 13.9. The number of fused-ring (bicyclic) bond motifs is 1. The van der Waals surface area contributed by atoms with Gasteiger partial charge in [-0.3, -0.25) is 11.3 Å². The highest BCUT2D eigenvalue weighted by atomic mass is 32.1. The van der Waals surface area contributed by atoms with Gasteiger partial charge in [-0.25, -0.2) is 4.39 Å². The molecule has 2 nitrogen and oxygen atoms in total. The molecule has 0 bridgehead atoms. The zero-order valence-corrected chi connectivity index (χ0v) is 11.7. The van der Waals surface area contributed by atoms with Gasteiger partial charge in [0.05, 0.1) is 6.04 Å². The molecule has 0 spiro atoms. The van der Waals surface area contributed by atoms with Crippen LogP contribution in [0.25, 0.3) is 10.1 Å². The van der Waals surface area contributed by atoms with Crippen LogP contribution in [0.2, 0.25) is 0 Å². The Balaban J connectivity index is 1.94. The van der Waals surface area contributed by atoms with Crippen molar-refractivity contribution in [2.24, 2.45) is 5.84 Å². The summed E-state index contributed by atoms with van der Waals surface area (Å²) in [7, 11) is 0. The molecular weight excluding hydrogens is 271 g/mol. The number of benzene rings is 2. The van der Waals surface area contributed by atoms with Crippen molar-refractivity contribution in [2.45, 2.75) is 12.5 Å². The minimum absolute atomic E-state index is 0.227. The summed E-state index contributed by atoms with van der Waals surface area (Å²) in [5.74, 6) is 5.39. The molecule has 2 aromatic carbocycles. The van der Waals surface area contributed by atoms with Crippen molar-refractivity contribution in [1.82, 2.24) is 5.43 Å². The van der Waals surface area contributed by atoms with Crippen molar-refractivity contribution < 1.29 is 4.39 Å². The van der Waals surface area contributed by atoms with Crippen LogP contribution in [-0.4, -0.2) is 0 Å². The van der Waals surface area contributed by atoms with Gasteiger partial charge in [-0.15, -0.1) is 11.3 Å². The van der Waals surface area contributed by atoms with Gasteiger partial charge in [-0.05, 0) is 34.9 Å².